The Morgan fingerprint density at radius 3 is 2.58 bits per heavy atom. The van der Waals surface area contributed by atoms with E-state index in [0.717, 1.165) is 0 Å². The van der Waals surface area contributed by atoms with E-state index < -0.39 is 0 Å². The largest absolute Gasteiger partial charge is 0.336 e. The van der Waals surface area contributed by atoms with Crippen molar-refractivity contribution in [3.63, 3.8) is 0 Å². The van der Waals surface area contributed by atoms with Crippen molar-refractivity contribution in [3.05, 3.63) is 70.4 Å². The summed E-state index contributed by atoms with van der Waals surface area (Å²) < 4.78 is 1.51. The maximum atomic E-state index is 12.9. The van der Waals surface area contributed by atoms with Gasteiger partial charge >= 0.3 is 0 Å². The summed E-state index contributed by atoms with van der Waals surface area (Å²) in [6.45, 7) is 3.53. The van der Waals surface area contributed by atoms with Crippen molar-refractivity contribution in [2.24, 2.45) is 7.05 Å². The molecule has 31 heavy (non-hydrogen) atoms. The van der Waals surface area contributed by atoms with Crippen molar-refractivity contribution in [1.29, 1.82) is 5.26 Å². The first-order chi connectivity index (χ1) is 15.0. The van der Waals surface area contributed by atoms with Crippen LogP contribution in [0.15, 0.2) is 53.7 Å². The van der Waals surface area contributed by atoms with Crippen molar-refractivity contribution in [2.75, 3.05) is 24.5 Å². The molecule has 0 aliphatic carbocycles. The van der Waals surface area contributed by atoms with Crippen LogP contribution in [0, 0.1) is 11.3 Å². The monoisotopic (exact) mass is 415 g/mol. The van der Waals surface area contributed by atoms with Gasteiger partial charge in [-0.05, 0) is 37.3 Å². The Balaban J connectivity index is 1.56. The molecule has 3 heterocycles. The standard InChI is InChI=1S/C22H21N7O2/c1-15-13-28(21(31)17-5-3-16(12-23)4-6-17)9-10-29(15)22-26-19(11-20(30)27(22)2)18-7-8-24-14-25-18/h3-8,11,14-15H,9-10,13H2,1-2H3/t15-/m1/s1. The fraction of sp³-hybridized carbons (Fsp3) is 0.273. The highest BCUT2D eigenvalue weighted by Crippen LogP contribution is 2.21. The summed E-state index contributed by atoms with van der Waals surface area (Å²) in [5.74, 6) is 0.464. The number of amides is 1. The van der Waals surface area contributed by atoms with Crippen molar-refractivity contribution in [3.8, 4) is 17.5 Å². The molecule has 0 N–H and O–H groups in total. The lowest BCUT2D eigenvalue weighted by Crippen LogP contribution is -2.55. The van der Waals surface area contributed by atoms with Crippen molar-refractivity contribution >= 4 is 11.9 Å². The number of anilines is 1. The second kappa shape index (κ2) is 8.36. The molecule has 3 aromatic rings. The van der Waals surface area contributed by atoms with E-state index in [1.54, 1.807) is 48.5 Å². The van der Waals surface area contributed by atoms with Crippen LogP contribution < -0.4 is 10.5 Å². The van der Waals surface area contributed by atoms with E-state index in [9.17, 15) is 9.59 Å². The summed E-state index contributed by atoms with van der Waals surface area (Å²) in [4.78, 5) is 42.1. The average Bonchev–Trinajstić information content (AvgIpc) is 2.81. The summed E-state index contributed by atoms with van der Waals surface area (Å²) in [5, 5.41) is 8.93. The Bertz CT molecular complexity index is 1200. The van der Waals surface area contributed by atoms with Gasteiger partial charge < -0.3 is 9.80 Å². The van der Waals surface area contributed by atoms with E-state index in [0.29, 0.717) is 48.1 Å². The van der Waals surface area contributed by atoms with Gasteiger partial charge in [-0.1, -0.05) is 0 Å². The van der Waals surface area contributed by atoms with Crippen LogP contribution in [0.3, 0.4) is 0 Å². The third-order valence-corrected chi connectivity index (χ3v) is 5.39. The number of hydrogen-bond acceptors (Lipinski definition) is 7. The summed E-state index contributed by atoms with van der Waals surface area (Å²) in [5.41, 5.74) is 1.96. The summed E-state index contributed by atoms with van der Waals surface area (Å²) in [6, 6.07) is 11.8. The van der Waals surface area contributed by atoms with Crippen LogP contribution in [0.2, 0.25) is 0 Å². The van der Waals surface area contributed by atoms with Gasteiger partial charge in [-0.25, -0.2) is 15.0 Å². The third-order valence-electron chi connectivity index (χ3n) is 5.39. The number of piperazine rings is 1. The second-order valence-electron chi connectivity index (χ2n) is 7.42. The fourth-order valence-corrected chi connectivity index (χ4v) is 3.67. The van der Waals surface area contributed by atoms with Gasteiger partial charge in [-0.3, -0.25) is 14.2 Å². The van der Waals surface area contributed by atoms with Crippen LogP contribution in [0.1, 0.15) is 22.8 Å². The quantitative estimate of drug-likeness (QED) is 0.637. The fourth-order valence-electron chi connectivity index (χ4n) is 3.67. The number of aromatic nitrogens is 4. The van der Waals surface area contributed by atoms with Crippen molar-refractivity contribution in [1.82, 2.24) is 24.4 Å². The molecule has 1 aliphatic rings. The highest BCUT2D eigenvalue weighted by molar-refractivity contribution is 5.94. The molecular weight excluding hydrogens is 394 g/mol. The van der Waals surface area contributed by atoms with Crippen LogP contribution in [-0.4, -0.2) is 56.0 Å². The Labute approximate surface area is 179 Å². The minimum absolute atomic E-state index is 0.0465. The minimum atomic E-state index is -0.179. The molecule has 0 spiro atoms. The maximum absolute atomic E-state index is 12.9. The number of carbonyl (C=O) groups is 1. The Morgan fingerprint density at radius 2 is 1.94 bits per heavy atom. The van der Waals surface area contributed by atoms with Crippen LogP contribution >= 0.6 is 0 Å². The lowest BCUT2D eigenvalue weighted by atomic mass is 10.1. The van der Waals surface area contributed by atoms with E-state index in [4.69, 9.17) is 5.26 Å². The zero-order valence-electron chi connectivity index (χ0n) is 17.3. The number of rotatable bonds is 3. The smallest absolute Gasteiger partial charge is 0.255 e. The van der Waals surface area contributed by atoms with Gasteiger partial charge in [0.15, 0.2) is 0 Å². The van der Waals surface area contributed by atoms with Crippen LogP contribution in [0.5, 0.6) is 0 Å². The number of hydrogen-bond donors (Lipinski definition) is 0. The van der Waals surface area contributed by atoms with E-state index in [2.05, 4.69) is 21.0 Å². The van der Waals surface area contributed by atoms with Gasteiger partial charge in [-0.2, -0.15) is 5.26 Å². The predicted octanol–water partition coefficient (Wildman–Crippen LogP) is 1.46. The Kier molecular flexibility index (Phi) is 5.45. The summed E-state index contributed by atoms with van der Waals surface area (Å²) >= 11 is 0. The third kappa shape index (κ3) is 4.00. The Hall–Kier alpha value is -4.06. The van der Waals surface area contributed by atoms with Crippen molar-refractivity contribution < 1.29 is 4.79 Å². The number of nitriles is 1. The van der Waals surface area contributed by atoms with Gasteiger partial charge in [0.1, 0.15) is 6.33 Å². The topological polar surface area (TPSA) is 108 Å². The maximum Gasteiger partial charge on any atom is 0.255 e. The molecule has 9 nitrogen and oxygen atoms in total. The molecule has 0 bridgehead atoms. The van der Waals surface area contributed by atoms with Gasteiger partial charge in [0, 0.05) is 50.6 Å². The van der Waals surface area contributed by atoms with Crippen LogP contribution in [0.4, 0.5) is 5.95 Å². The average molecular weight is 415 g/mol. The second-order valence-corrected chi connectivity index (χ2v) is 7.42. The molecule has 0 saturated carbocycles. The molecule has 2 aromatic heterocycles. The lowest BCUT2D eigenvalue weighted by Gasteiger charge is -2.40. The van der Waals surface area contributed by atoms with E-state index in [-0.39, 0.29) is 17.5 Å². The molecule has 4 rings (SSSR count). The van der Waals surface area contributed by atoms with Gasteiger partial charge in [0.25, 0.3) is 11.5 Å². The molecule has 9 heteroatoms. The van der Waals surface area contributed by atoms with Crippen LogP contribution in [0.25, 0.3) is 11.4 Å². The number of benzene rings is 1. The van der Waals surface area contributed by atoms with Gasteiger partial charge in [-0.15, -0.1) is 0 Å². The molecule has 1 amide bonds. The van der Waals surface area contributed by atoms with Gasteiger partial charge in [0.2, 0.25) is 5.95 Å². The molecule has 1 aromatic carbocycles. The first-order valence-electron chi connectivity index (χ1n) is 9.88. The first kappa shape index (κ1) is 20.2. The van der Waals surface area contributed by atoms with Gasteiger partial charge in [0.05, 0.1) is 23.0 Å². The SMILES string of the molecule is C[C@@H]1CN(C(=O)c2ccc(C#N)cc2)CCN1c1nc(-c2ccncn2)cc(=O)n1C. The van der Waals surface area contributed by atoms with E-state index >= 15 is 0 Å². The van der Waals surface area contributed by atoms with E-state index in [1.807, 2.05) is 11.8 Å². The molecule has 1 aliphatic heterocycles. The lowest BCUT2D eigenvalue weighted by molar-refractivity contribution is 0.0725. The minimum Gasteiger partial charge on any atom is -0.336 e. The summed E-state index contributed by atoms with van der Waals surface area (Å²) in [6.07, 6.45) is 3.03. The predicted molar refractivity (Wildman–Crippen MR) is 114 cm³/mol. The molecule has 156 valence electrons. The normalized spacial score (nSPS) is 16.1. The molecule has 1 atom stereocenters. The highest BCUT2D eigenvalue weighted by Gasteiger charge is 2.29. The first-order valence-corrected chi connectivity index (χ1v) is 9.88. The molecular formula is C22H21N7O2. The summed E-state index contributed by atoms with van der Waals surface area (Å²) in [7, 11) is 1.69. The number of carbonyl (C=O) groups excluding carboxylic acids is 1. The van der Waals surface area contributed by atoms with E-state index in [1.165, 1.54) is 17.0 Å². The molecule has 1 saturated heterocycles. The van der Waals surface area contributed by atoms with Crippen LogP contribution in [-0.2, 0) is 7.05 Å². The molecule has 0 unspecified atom stereocenters. The zero-order valence-corrected chi connectivity index (χ0v) is 17.3. The molecule has 1 fully saturated rings. The zero-order chi connectivity index (χ0) is 22.0. The number of nitrogens with zero attached hydrogens (tertiary/aromatic N) is 7. The molecule has 0 radical (unpaired) electrons. The highest BCUT2D eigenvalue weighted by atomic mass is 16.2. The Morgan fingerprint density at radius 1 is 1.16 bits per heavy atom. The van der Waals surface area contributed by atoms with Crippen molar-refractivity contribution in [2.45, 2.75) is 13.0 Å².